The summed E-state index contributed by atoms with van der Waals surface area (Å²) in [4.78, 5) is 13.8. The average Bonchev–Trinajstić information content (AvgIpc) is 2.92. The Bertz CT molecular complexity index is 533. The van der Waals surface area contributed by atoms with Gasteiger partial charge >= 0.3 is 0 Å². The molecule has 0 spiro atoms. The molecule has 20 heavy (non-hydrogen) atoms. The number of rotatable bonds is 4. The van der Waals surface area contributed by atoms with E-state index in [1.807, 2.05) is 6.07 Å². The molecule has 5 heteroatoms. The van der Waals surface area contributed by atoms with E-state index >= 15 is 0 Å². The van der Waals surface area contributed by atoms with E-state index in [9.17, 15) is 13.6 Å². The fourth-order valence-corrected chi connectivity index (χ4v) is 2.64. The second-order valence-electron chi connectivity index (χ2n) is 5.03. The summed E-state index contributed by atoms with van der Waals surface area (Å²) in [6.45, 7) is 0.0202. The molecular formula is C15H16F2N2O. The largest absolute Gasteiger partial charge is 0.326 e. The molecular weight excluding hydrogens is 262 g/mol. The molecule has 1 fully saturated rings. The topological polar surface area (TPSA) is 44.1 Å². The van der Waals surface area contributed by atoms with Gasteiger partial charge < -0.3 is 4.90 Å². The summed E-state index contributed by atoms with van der Waals surface area (Å²) in [7, 11) is 0. The van der Waals surface area contributed by atoms with Crippen LogP contribution in [0, 0.1) is 23.0 Å². The van der Waals surface area contributed by atoms with Gasteiger partial charge in [-0.2, -0.15) is 5.26 Å². The normalized spacial score (nSPS) is 15.1. The number of amides is 1. The zero-order chi connectivity index (χ0) is 14.5. The Morgan fingerprint density at radius 1 is 1.35 bits per heavy atom. The van der Waals surface area contributed by atoms with Gasteiger partial charge in [0.15, 0.2) is 0 Å². The highest BCUT2D eigenvalue weighted by Crippen LogP contribution is 2.24. The molecule has 1 aromatic rings. The molecule has 0 radical (unpaired) electrons. The van der Waals surface area contributed by atoms with E-state index < -0.39 is 11.6 Å². The molecule has 0 heterocycles. The lowest BCUT2D eigenvalue weighted by molar-refractivity contribution is -0.132. The van der Waals surface area contributed by atoms with Gasteiger partial charge in [-0.15, -0.1) is 0 Å². The van der Waals surface area contributed by atoms with E-state index in [0.717, 1.165) is 37.8 Å². The molecule has 0 saturated heterocycles. The molecule has 0 atom stereocenters. The first-order valence-corrected chi connectivity index (χ1v) is 6.72. The highest BCUT2D eigenvalue weighted by molar-refractivity contribution is 5.79. The van der Waals surface area contributed by atoms with Crippen LogP contribution in [0.5, 0.6) is 0 Å². The van der Waals surface area contributed by atoms with Crippen molar-refractivity contribution in [3.05, 3.63) is 35.4 Å². The van der Waals surface area contributed by atoms with Gasteiger partial charge in [-0.25, -0.2) is 8.78 Å². The number of nitriles is 1. The first-order valence-electron chi connectivity index (χ1n) is 6.72. The monoisotopic (exact) mass is 278 g/mol. The van der Waals surface area contributed by atoms with Gasteiger partial charge in [-0.1, -0.05) is 18.9 Å². The van der Waals surface area contributed by atoms with Crippen molar-refractivity contribution in [2.24, 2.45) is 0 Å². The molecule has 0 N–H and O–H groups in total. The molecule has 0 unspecified atom stereocenters. The molecule has 1 aliphatic carbocycles. The molecule has 106 valence electrons. The van der Waals surface area contributed by atoms with Crippen LogP contribution in [-0.4, -0.2) is 23.4 Å². The third-order valence-corrected chi connectivity index (χ3v) is 3.68. The zero-order valence-electron chi connectivity index (χ0n) is 11.1. The van der Waals surface area contributed by atoms with Gasteiger partial charge in [0.25, 0.3) is 0 Å². The maximum atomic E-state index is 13.6. The van der Waals surface area contributed by atoms with E-state index in [1.165, 1.54) is 11.0 Å². The van der Waals surface area contributed by atoms with Crippen LogP contribution in [-0.2, 0) is 11.2 Å². The standard InChI is InChI=1S/C15H16F2N2O/c16-12-6-5-11(14(17)10-12)9-15(20)19(8-7-18)13-3-1-2-4-13/h5-6,10,13H,1-4,8-9H2. The maximum Gasteiger partial charge on any atom is 0.228 e. The van der Waals surface area contributed by atoms with Crippen LogP contribution in [0.15, 0.2) is 18.2 Å². The van der Waals surface area contributed by atoms with E-state index in [0.29, 0.717) is 0 Å². The average molecular weight is 278 g/mol. The van der Waals surface area contributed by atoms with Crippen molar-refractivity contribution in [2.45, 2.75) is 38.1 Å². The zero-order valence-corrected chi connectivity index (χ0v) is 11.1. The Hall–Kier alpha value is -1.96. The Labute approximate surface area is 116 Å². The number of hydrogen-bond acceptors (Lipinski definition) is 2. The fraction of sp³-hybridized carbons (Fsp3) is 0.467. The second kappa shape index (κ2) is 6.47. The van der Waals surface area contributed by atoms with Gasteiger partial charge in [0.05, 0.1) is 12.5 Å². The first-order chi connectivity index (χ1) is 9.61. The van der Waals surface area contributed by atoms with E-state index in [2.05, 4.69) is 0 Å². The molecule has 1 amide bonds. The molecule has 1 saturated carbocycles. The smallest absolute Gasteiger partial charge is 0.228 e. The molecule has 0 aromatic heterocycles. The van der Waals surface area contributed by atoms with Crippen LogP contribution in [0.3, 0.4) is 0 Å². The second-order valence-corrected chi connectivity index (χ2v) is 5.03. The van der Waals surface area contributed by atoms with Crippen molar-refractivity contribution >= 4 is 5.91 Å². The van der Waals surface area contributed by atoms with Gasteiger partial charge in [0.1, 0.15) is 18.2 Å². The Kier molecular flexibility index (Phi) is 4.67. The van der Waals surface area contributed by atoms with E-state index in [1.54, 1.807) is 0 Å². The minimum atomic E-state index is -0.721. The summed E-state index contributed by atoms with van der Waals surface area (Å²) in [5.74, 6) is -1.66. The van der Waals surface area contributed by atoms with Crippen LogP contribution in [0.25, 0.3) is 0 Å². The van der Waals surface area contributed by atoms with Crippen LogP contribution in [0.1, 0.15) is 31.2 Å². The lowest BCUT2D eigenvalue weighted by atomic mass is 10.1. The Morgan fingerprint density at radius 2 is 2.05 bits per heavy atom. The lowest BCUT2D eigenvalue weighted by Gasteiger charge is -2.26. The quantitative estimate of drug-likeness (QED) is 0.795. The number of carbonyl (C=O) groups excluding carboxylic acids is 1. The predicted molar refractivity (Wildman–Crippen MR) is 69.6 cm³/mol. The van der Waals surface area contributed by atoms with Crippen LogP contribution in [0.2, 0.25) is 0 Å². The number of carbonyl (C=O) groups is 1. The number of hydrogen-bond donors (Lipinski definition) is 0. The first kappa shape index (κ1) is 14.4. The van der Waals surface area contributed by atoms with Gasteiger partial charge in [-0.05, 0) is 24.5 Å². The minimum Gasteiger partial charge on any atom is -0.326 e. The molecule has 1 aliphatic rings. The molecule has 3 nitrogen and oxygen atoms in total. The third-order valence-electron chi connectivity index (χ3n) is 3.68. The summed E-state index contributed by atoms with van der Waals surface area (Å²) in [6, 6.07) is 5.25. The number of nitrogens with zero attached hydrogens (tertiary/aromatic N) is 2. The molecule has 1 aromatic carbocycles. The van der Waals surface area contributed by atoms with Crippen LogP contribution < -0.4 is 0 Å². The van der Waals surface area contributed by atoms with Crippen molar-refractivity contribution in [2.75, 3.05) is 6.54 Å². The van der Waals surface area contributed by atoms with Crippen LogP contribution >= 0.6 is 0 Å². The van der Waals surface area contributed by atoms with Gasteiger partial charge in [0.2, 0.25) is 5.91 Å². The molecule has 0 bridgehead atoms. The number of benzene rings is 1. The summed E-state index contributed by atoms with van der Waals surface area (Å²) in [6.07, 6.45) is 3.73. The Morgan fingerprint density at radius 3 is 2.65 bits per heavy atom. The Balaban J connectivity index is 2.09. The summed E-state index contributed by atoms with van der Waals surface area (Å²) in [5.41, 5.74) is 0.164. The summed E-state index contributed by atoms with van der Waals surface area (Å²) >= 11 is 0. The molecule has 2 rings (SSSR count). The van der Waals surface area contributed by atoms with Crippen molar-refractivity contribution in [1.29, 1.82) is 5.26 Å². The minimum absolute atomic E-state index is 0.0202. The van der Waals surface area contributed by atoms with Gasteiger partial charge in [-0.3, -0.25) is 4.79 Å². The van der Waals surface area contributed by atoms with E-state index in [-0.39, 0.29) is 30.5 Å². The summed E-state index contributed by atoms with van der Waals surface area (Å²) in [5, 5.41) is 8.84. The lowest BCUT2D eigenvalue weighted by Crippen LogP contribution is -2.40. The van der Waals surface area contributed by atoms with Crippen molar-refractivity contribution in [1.82, 2.24) is 4.90 Å². The third kappa shape index (κ3) is 3.32. The molecule has 0 aliphatic heterocycles. The predicted octanol–water partition coefficient (Wildman–Crippen LogP) is 2.80. The van der Waals surface area contributed by atoms with Gasteiger partial charge in [0, 0.05) is 12.1 Å². The van der Waals surface area contributed by atoms with Crippen molar-refractivity contribution in [3.63, 3.8) is 0 Å². The maximum absolute atomic E-state index is 13.6. The highest BCUT2D eigenvalue weighted by Gasteiger charge is 2.26. The fourth-order valence-electron chi connectivity index (χ4n) is 2.64. The number of halogens is 2. The summed E-state index contributed by atoms with van der Waals surface area (Å²) < 4.78 is 26.4. The van der Waals surface area contributed by atoms with E-state index in [4.69, 9.17) is 5.26 Å². The van der Waals surface area contributed by atoms with Crippen molar-refractivity contribution in [3.8, 4) is 6.07 Å². The SMILES string of the molecule is N#CCN(C(=O)Cc1ccc(F)cc1F)C1CCCC1. The van der Waals surface area contributed by atoms with Crippen LogP contribution in [0.4, 0.5) is 8.78 Å². The van der Waals surface area contributed by atoms with Crippen molar-refractivity contribution < 1.29 is 13.6 Å². The highest BCUT2D eigenvalue weighted by atomic mass is 19.1.